The van der Waals surface area contributed by atoms with Gasteiger partial charge in [-0.1, -0.05) is 0 Å². The topological polar surface area (TPSA) is 81.4 Å². The predicted octanol–water partition coefficient (Wildman–Crippen LogP) is 0.737. The van der Waals surface area contributed by atoms with Crippen LogP contribution in [0.4, 0.5) is 0 Å². The van der Waals surface area contributed by atoms with Gasteiger partial charge in [0.2, 0.25) is 0 Å². The van der Waals surface area contributed by atoms with E-state index in [1.54, 1.807) is 23.1 Å². The van der Waals surface area contributed by atoms with Crippen LogP contribution in [0.15, 0.2) is 24.8 Å². The molecule has 2 rings (SSSR count). The van der Waals surface area contributed by atoms with Crippen LogP contribution in [0.25, 0.3) is 5.52 Å². The summed E-state index contributed by atoms with van der Waals surface area (Å²) in [5, 5.41) is 4.03. The summed E-state index contributed by atoms with van der Waals surface area (Å²) >= 11 is 0. The summed E-state index contributed by atoms with van der Waals surface area (Å²) in [5.74, 6) is -0.0856. The van der Waals surface area contributed by atoms with Crippen molar-refractivity contribution in [3.63, 3.8) is 0 Å². The molecular weight excluding hydrogens is 254 g/mol. The van der Waals surface area contributed by atoms with Crippen LogP contribution in [0.5, 0.6) is 0 Å². The third-order valence-corrected chi connectivity index (χ3v) is 3.57. The lowest BCUT2D eigenvalue weighted by molar-refractivity contribution is 0.0983. The number of carbonyl (C=O) groups excluding carboxylic acids is 1. The second kappa shape index (κ2) is 4.85. The quantitative estimate of drug-likeness (QED) is 0.746. The van der Waals surface area contributed by atoms with Crippen molar-refractivity contribution in [2.75, 3.05) is 12.0 Å². The monoisotopic (exact) mass is 267 g/mol. The highest BCUT2D eigenvalue weighted by atomic mass is 32.2. The highest BCUT2D eigenvalue weighted by Crippen LogP contribution is 2.12. The molecule has 0 amide bonds. The lowest BCUT2D eigenvalue weighted by Gasteiger charge is -1.99. The average molecular weight is 267 g/mol. The smallest absolute Gasteiger partial charge is 0.166 e. The Morgan fingerprint density at radius 2 is 2.17 bits per heavy atom. The van der Waals surface area contributed by atoms with Crippen LogP contribution in [0.1, 0.15) is 23.2 Å². The third-order valence-electron chi connectivity index (χ3n) is 2.54. The number of ketones is 1. The van der Waals surface area contributed by atoms with Gasteiger partial charge in [0.05, 0.1) is 29.2 Å². The van der Waals surface area contributed by atoms with Crippen LogP contribution in [0, 0.1) is 0 Å². The van der Waals surface area contributed by atoms with Crippen LogP contribution in [-0.2, 0) is 9.84 Å². The van der Waals surface area contributed by atoms with Gasteiger partial charge in [-0.2, -0.15) is 5.10 Å². The zero-order chi connectivity index (χ0) is 13.2. The second-order valence-electron chi connectivity index (χ2n) is 4.12. The molecule has 0 N–H and O–H groups in total. The Morgan fingerprint density at radius 3 is 2.89 bits per heavy atom. The summed E-state index contributed by atoms with van der Waals surface area (Å²) in [7, 11) is -3.02. The molecule has 6 nitrogen and oxygen atoms in total. The minimum absolute atomic E-state index is 0.0240. The normalized spacial score (nSPS) is 11.8. The van der Waals surface area contributed by atoms with Gasteiger partial charge in [0.1, 0.15) is 9.84 Å². The van der Waals surface area contributed by atoms with Gasteiger partial charge in [-0.15, -0.1) is 0 Å². The van der Waals surface area contributed by atoms with Crippen molar-refractivity contribution in [3.8, 4) is 0 Å². The molecule has 0 fully saturated rings. The lowest BCUT2D eigenvalue weighted by atomic mass is 10.1. The summed E-state index contributed by atoms with van der Waals surface area (Å²) in [6.07, 6.45) is 7.98. The van der Waals surface area contributed by atoms with Crippen molar-refractivity contribution in [1.82, 2.24) is 14.6 Å². The number of Topliss-reactive ketones (excluding diaryl/α,β-unsaturated/α-hetero) is 1. The van der Waals surface area contributed by atoms with E-state index in [1.807, 2.05) is 0 Å². The summed E-state index contributed by atoms with van der Waals surface area (Å²) < 4.78 is 23.5. The van der Waals surface area contributed by atoms with Crippen LogP contribution >= 0.6 is 0 Å². The van der Waals surface area contributed by atoms with E-state index in [0.29, 0.717) is 17.5 Å². The van der Waals surface area contributed by atoms with Gasteiger partial charge < -0.3 is 0 Å². The van der Waals surface area contributed by atoms with Crippen LogP contribution in [0.2, 0.25) is 0 Å². The molecule has 0 bridgehead atoms. The van der Waals surface area contributed by atoms with Gasteiger partial charge in [-0.25, -0.2) is 12.9 Å². The van der Waals surface area contributed by atoms with E-state index in [4.69, 9.17) is 0 Å². The van der Waals surface area contributed by atoms with Crippen LogP contribution < -0.4 is 0 Å². The van der Waals surface area contributed by atoms with Crippen LogP contribution in [0.3, 0.4) is 0 Å². The first-order valence-electron chi connectivity index (χ1n) is 5.46. The number of aromatic nitrogens is 3. The van der Waals surface area contributed by atoms with E-state index in [1.165, 1.54) is 6.20 Å². The second-order valence-corrected chi connectivity index (χ2v) is 6.38. The Bertz CT molecular complexity index is 676. The Morgan fingerprint density at radius 1 is 1.39 bits per heavy atom. The highest BCUT2D eigenvalue weighted by Gasteiger charge is 2.13. The first-order valence-corrected chi connectivity index (χ1v) is 7.52. The summed E-state index contributed by atoms with van der Waals surface area (Å²) in [5.41, 5.74) is 1.12. The molecule has 0 atom stereocenters. The molecule has 96 valence electrons. The fraction of sp³-hybridized carbons (Fsp3) is 0.364. The van der Waals surface area contributed by atoms with E-state index in [0.717, 1.165) is 6.26 Å². The number of hydrogen-bond donors (Lipinski definition) is 0. The zero-order valence-electron chi connectivity index (χ0n) is 9.91. The molecule has 0 aromatic carbocycles. The first-order chi connectivity index (χ1) is 8.47. The minimum Gasteiger partial charge on any atom is -0.294 e. The van der Waals surface area contributed by atoms with Crippen molar-refractivity contribution in [3.05, 3.63) is 30.4 Å². The van der Waals surface area contributed by atoms with Crippen molar-refractivity contribution >= 4 is 21.1 Å². The van der Waals surface area contributed by atoms with Crippen molar-refractivity contribution in [1.29, 1.82) is 0 Å². The van der Waals surface area contributed by atoms with Gasteiger partial charge in [0.25, 0.3) is 0 Å². The van der Waals surface area contributed by atoms with Gasteiger partial charge in [-0.05, 0) is 6.42 Å². The molecule has 0 spiro atoms. The van der Waals surface area contributed by atoms with Crippen molar-refractivity contribution in [2.24, 2.45) is 0 Å². The fourth-order valence-electron chi connectivity index (χ4n) is 1.68. The molecule has 0 unspecified atom stereocenters. The maximum Gasteiger partial charge on any atom is 0.166 e. The Hall–Kier alpha value is -1.76. The van der Waals surface area contributed by atoms with Gasteiger partial charge >= 0.3 is 0 Å². The van der Waals surface area contributed by atoms with Crippen molar-refractivity contribution < 1.29 is 13.2 Å². The third kappa shape index (κ3) is 2.92. The van der Waals surface area contributed by atoms with Gasteiger partial charge in [-0.3, -0.25) is 9.78 Å². The minimum atomic E-state index is -3.02. The lowest BCUT2D eigenvalue weighted by Crippen LogP contribution is -2.06. The molecule has 0 saturated heterocycles. The van der Waals surface area contributed by atoms with Gasteiger partial charge in [0, 0.05) is 25.1 Å². The maximum absolute atomic E-state index is 11.9. The summed E-state index contributed by atoms with van der Waals surface area (Å²) in [6.45, 7) is 0. The van der Waals surface area contributed by atoms with E-state index < -0.39 is 9.84 Å². The number of rotatable bonds is 5. The van der Waals surface area contributed by atoms with E-state index >= 15 is 0 Å². The molecule has 18 heavy (non-hydrogen) atoms. The molecule has 0 aliphatic heterocycles. The van der Waals surface area contributed by atoms with E-state index in [-0.39, 0.29) is 18.0 Å². The Balaban J connectivity index is 2.10. The Kier molecular flexibility index (Phi) is 3.42. The molecule has 2 aromatic heterocycles. The number of hydrogen-bond acceptors (Lipinski definition) is 5. The average Bonchev–Trinajstić information content (AvgIpc) is 2.70. The van der Waals surface area contributed by atoms with E-state index in [9.17, 15) is 13.2 Å². The van der Waals surface area contributed by atoms with Gasteiger partial charge in [0.15, 0.2) is 5.78 Å². The molecular formula is C11H13N3O3S. The number of sulfone groups is 1. The number of fused-ring (bicyclic) bond motifs is 1. The fourth-order valence-corrected chi connectivity index (χ4v) is 2.35. The first kappa shape index (κ1) is 12.7. The molecule has 7 heteroatoms. The molecule has 0 aliphatic rings. The standard InChI is InChI=1S/C11H13N3O3S/c1-18(16,17)6-2-3-11(15)9-7-13-14-5-4-12-8-10(9)14/h4-5,7-8H,2-3,6H2,1H3. The predicted molar refractivity (Wildman–Crippen MR) is 66.3 cm³/mol. The molecule has 0 saturated carbocycles. The van der Waals surface area contributed by atoms with Crippen LogP contribution in [-0.4, -0.2) is 40.8 Å². The zero-order valence-corrected chi connectivity index (χ0v) is 10.7. The molecule has 2 aromatic rings. The number of nitrogens with zero attached hydrogens (tertiary/aromatic N) is 3. The Labute approximate surface area is 105 Å². The number of carbonyl (C=O) groups is 1. The SMILES string of the molecule is CS(=O)(=O)CCCC(=O)c1cnn2ccncc12. The summed E-state index contributed by atoms with van der Waals surface area (Å²) in [4.78, 5) is 15.9. The maximum atomic E-state index is 11.9. The molecule has 2 heterocycles. The van der Waals surface area contributed by atoms with Crippen molar-refractivity contribution in [2.45, 2.75) is 12.8 Å². The largest absolute Gasteiger partial charge is 0.294 e. The molecule has 0 radical (unpaired) electrons. The highest BCUT2D eigenvalue weighted by molar-refractivity contribution is 7.90. The summed E-state index contributed by atoms with van der Waals surface area (Å²) in [6, 6.07) is 0. The van der Waals surface area contributed by atoms with E-state index in [2.05, 4.69) is 10.1 Å². The molecule has 0 aliphatic carbocycles.